The fraction of sp³-hybridized carbons (Fsp3) is 0.484. The van der Waals surface area contributed by atoms with Crippen molar-refractivity contribution in [2.45, 2.75) is 182 Å². The molecule has 0 spiro atoms. The Morgan fingerprint density at radius 3 is 1.37 bits per heavy atom. The topological polar surface area (TPSA) is 419 Å². The Balaban J connectivity index is 0.000000188. The summed E-state index contributed by atoms with van der Waals surface area (Å²) in [6, 6.07) is 16.7. The predicted octanol–water partition coefficient (Wildman–Crippen LogP) is 14.8. The molecule has 0 radical (unpaired) electrons. The molecular formula is C95H114N10O24P2S5. The van der Waals surface area contributed by atoms with Crippen molar-refractivity contribution < 1.29 is 110 Å². The zero-order valence-electron chi connectivity index (χ0n) is 77.0. The number of fused-ring (bicyclic) bond motifs is 8. The Hall–Kier alpha value is -10.2. The summed E-state index contributed by atoms with van der Waals surface area (Å²) in [5.74, 6) is -0.187. The third kappa shape index (κ3) is 25.8. The van der Waals surface area contributed by atoms with Gasteiger partial charge in [0.15, 0.2) is 23.0 Å². The standard InChI is InChI=1S/C45H55N4O11PS2.C35H42N3O7PS.C15H17N3O6S2/c1-28-18-32-7-6-30-21-39(38(57-5)22-34(30)43(54)47(32)25-28)59-13-15-61(56,16-17-62-63-45(3,4)11-10-42(53)60-49-40(51)8-9-41(49)52)14-12-58-37-23-36-35(20-31(37)27-50)44(55)48-26-29(2)19-33(48)24-46-36;1-22-12-26-5-4-24-15-31(25(21-39)14-28(24)34(40)37(26)19-22)44-6-8-46(42,10-11-47)9-7-45-33-17-30-29(16-32(33)43-3)35(41)38-20-23(2)13-27(38)18-36-30;1-15(2,26-25-11-4-3-10(9-16-11)18(22)23)8-7-14(21)24-17-12(19)5-6-13(17)20/h20-24,32-33,50H,1-2,6-19,25-27H2,3-5H3;14-18,26-27,39,47H,1-2,4-13,19-21H2,3H3;3-4,9H,5-8H2,1-2H3/t32-,33+,61?;26-,27+,46?;/m11./s1. The highest BCUT2D eigenvalue weighted by Gasteiger charge is 2.42. The van der Waals surface area contributed by atoms with E-state index in [1.807, 2.05) is 49.6 Å². The number of benzene rings is 4. The first kappa shape index (κ1) is 103. The number of carbonyl (C=O) groups is 10. The number of rotatable bonds is 39. The number of nitro groups is 1. The van der Waals surface area contributed by atoms with Gasteiger partial charge in [-0.05, 0) is 162 Å². The van der Waals surface area contributed by atoms with Gasteiger partial charge in [-0.15, -0.1) is 10.1 Å². The smallest absolute Gasteiger partial charge is 0.333 e. The number of aliphatic hydroxyl groups is 2. The molecule has 728 valence electrons. The summed E-state index contributed by atoms with van der Waals surface area (Å²) in [5, 5.41) is 32.8. The minimum atomic E-state index is -3.00. The first-order chi connectivity index (χ1) is 64.9. The van der Waals surface area contributed by atoms with Gasteiger partial charge in [-0.25, -0.2) is 14.6 Å². The van der Waals surface area contributed by atoms with Crippen molar-refractivity contribution in [2.24, 2.45) is 9.98 Å². The van der Waals surface area contributed by atoms with Crippen LogP contribution in [0.3, 0.4) is 0 Å². The highest BCUT2D eigenvalue weighted by atomic mass is 33.1. The van der Waals surface area contributed by atoms with Crippen LogP contribution in [0.2, 0.25) is 0 Å². The molecule has 136 heavy (non-hydrogen) atoms. The Labute approximate surface area is 810 Å². The minimum absolute atomic E-state index is 0.00623. The lowest BCUT2D eigenvalue weighted by atomic mass is 9.98. The molecule has 8 amide bonds. The number of aromatic nitrogens is 1. The monoisotopic (exact) mass is 2000 g/mol. The molecule has 5 aromatic rings. The average Bonchev–Trinajstić information content (AvgIpc) is 1.61. The molecule has 6 atom stereocenters. The highest BCUT2D eigenvalue weighted by molar-refractivity contribution is 8.77. The van der Waals surface area contributed by atoms with Crippen LogP contribution in [0.5, 0.6) is 34.5 Å². The summed E-state index contributed by atoms with van der Waals surface area (Å²) in [6.07, 6.45) is 13.6. The number of imide groups is 2. The molecule has 10 aliphatic rings. The van der Waals surface area contributed by atoms with E-state index >= 15 is 0 Å². The zero-order chi connectivity index (χ0) is 97.7. The Bertz CT molecular complexity index is 5680. The van der Waals surface area contributed by atoms with E-state index in [0.717, 1.165) is 65.5 Å². The second-order valence-electron chi connectivity index (χ2n) is 36.1. The van der Waals surface area contributed by atoms with Crippen LogP contribution in [0.1, 0.15) is 181 Å². The Morgan fingerprint density at radius 2 is 0.912 bits per heavy atom. The van der Waals surface area contributed by atoms with Gasteiger partial charge in [0, 0.05) is 182 Å². The van der Waals surface area contributed by atoms with Gasteiger partial charge < -0.3 is 77.0 Å². The summed E-state index contributed by atoms with van der Waals surface area (Å²) in [5.41, 5.74) is 9.68. The van der Waals surface area contributed by atoms with Crippen molar-refractivity contribution in [3.05, 3.63) is 170 Å². The molecule has 6 saturated heterocycles. The van der Waals surface area contributed by atoms with Crippen LogP contribution in [0, 0.1) is 10.1 Å². The van der Waals surface area contributed by atoms with Crippen molar-refractivity contribution in [3.8, 4) is 34.5 Å². The van der Waals surface area contributed by atoms with Crippen molar-refractivity contribution in [3.63, 3.8) is 0 Å². The SMILES string of the molecule is C=C1C[C@H]2CCc3cc(OCCP(=O)(CCOc4cc5c(cc4CO)C(=O)N4CC(=C)C[C@H]4C=N5)CCSSC(C)(C)CCC(=O)ON4C(=O)CCC4=O)c(OC)cc3C(=O)N2C1.C=C1C[C@H]2CCc3cc(OCCP(=O)(CCS)CCOc4cc5c(cc4OC)C(=O)N4CC(=C)C[C@H]4C=N5)c(CO)cc3C(=O)N2C1.CC(C)(CCC(=O)ON1C(=O)CCC1=O)SSc1ccc([N+](=O)[O-])cn1. The van der Waals surface area contributed by atoms with Gasteiger partial charge in [0.2, 0.25) is 0 Å². The average molecular weight is 2000 g/mol. The number of carbonyl (C=O) groups excluding carboxylic acids is 10. The fourth-order valence-corrected chi connectivity index (χ4v) is 28.3. The molecule has 11 heterocycles. The van der Waals surface area contributed by atoms with Crippen LogP contribution < -0.4 is 28.4 Å². The molecule has 15 rings (SSSR count). The number of methoxy groups -OCH3 is 2. The molecule has 10 aliphatic heterocycles. The number of amides is 8. The van der Waals surface area contributed by atoms with E-state index in [9.17, 15) is 77.4 Å². The van der Waals surface area contributed by atoms with Gasteiger partial charge in [-0.3, -0.25) is 58.5 Å². The summed E-state index contributed by atoms with van der Waals surface area (Å²) in [7, 11) is 3.18. The molecule has 0 bridgehead atoms. The number of hydrogen-bond acceptors (Lipinski definition) is 32. The number of aliphatic imine (C=N–C) groups is 2. The first-order valence-corrected chi connectivity index (χ1v) is 54.6. The second kappa shape index (κ2) is 45.6. The lowest BCUT2D eigenvalue weighted by Gasteiger charge is -2.24. The number of ether oxygens (including phenoxy) is 6. The number of aliphatic hydroxyl groups excluding tert-OH is 2. The normalized spacial score (nSPS) is 19.7. The van der Waals surface area contributed by atoms with E-state index in [4.69, 9.17) is 38.1 Å². The molecule has 0 saturated carbocycles. The van der Waals surface area contributed by atoms with E-state index in [-0.39, 0.29) is 149 Å². The lowest BCUT2D eigenvalue weighted by molar-refractivity contribution is -0.385. The molecule has 4 aromatic carbocycles. The molecule has 2 unspecified atom stereocenters. The van der Waals surface area contributed by atoms with Crippen molar-refractivity contribution in [1.82, 2.24) is 34.7 Å². The largest absolute Gasteiger partial charge is 0.493 e. The number of thiol groups is 1. The van der Waals surface area contributed by atoms with Crippen LogP contribution >= 0.6 is 70.1 Å². The summed E-state index contributed by atoms with van der Waals surface area (Å²) < 4.78 is 64.1. The van der Waals surface area contributed by atoms with Gasteiger partial charge >= 0.3 is 11.9 Å². The van der Waals surface area contributed by atoms with Gasteiger partial charge in [0.05, 0.1) is 108 Å². The van der Waals surface area contributed by atoms with Gasteiger partial charge in [0.25, 0.3) is 52.9 Å². The van der Waals surface area contributed by atoms with Gasteiger partial charge in [0.1, 0.15) is 22.7 Å². The van der Waals surface area contributed by atoms with Crippen LogP contribution in [0.4, 0.5) is 17.1 Å². The number of hydrogen-bond donors (Lipinski definition) is 3. The van der Waals surface area contributed by atoms with Crippen LogP contribution in [0.15, 0.2) is 130 Å². The zero-order valence-corrected chi connectivity index (χ0v) is 83.0. The molecule has 0 aliphatic carbocycles. The third-order valence-electron chi connectivity index (χ3n) is 25.0. The highest BCUT2D eigenvalue weighted by Crippen LogP contribution is 2.51. The molecule has 2 N–H and O–H groups in total. The van der Waals surface area contributed by atoms with Crippen LogP contribution in [-0.2, 0) is 73.6 Å². The molecule has 1 aromatic heterocycles. The van der Waals surface area contributed by atoms with Crippen molar-refractivity contribution >= 4 is 159 Å². The van der Waals surface area contributed by atoms with Gasteiger partial charge in [-0.1, -0.05) is 81.0 Å². The summed E-state index contributed by atoms with van der Waals surface area (Å²) in [6.45, 7) is 26.0. The predicted molar refractivity (Wildman–Crippen MR) is 524 cm³/mol. The van der Waals surface area contributed by atoms with E-state index in [1.165, 1.54) is 58.9 Å². The maximum absolute atomic E-state index is 14.9. The maximum atomic E-state index is 14.9. The van der Waals surface area contributed by atoms with Crippen molar-refractivity contribution in [1.29, 1.82) is 0 Å². The molecule has 34 nitrogen and oxygen atoms in total. The number of nitrogens with zero attached hydrogens (tertiary/aromatic N) is 10. The van der Waals surface area contributed by atoms with E-state index in [1.54, 1.807) is 75.5 Å². The maximum Gasteiger partial charge on any atom is 0.333 e. The Morgan fingerprint density at radius 1 is 0.515 bits per heavy atom. The lowest BCUT2D eigenvalue weighted by Crippen LogP contribution is -2.35. The third-order valence-corrected chi connectivity index (χ3v) is 38.5. The molecular weight excluding hydrogens is 1890 g/mol. The van der Waals surface area contributed by atoms with Crippen molar-refractivity contribution in [2.75, 3.05) is 115 Å². The number of pyridine rings is 1. The van der Waals surface area contributed by atoms with Gasteiger partial charge in [-0.2, -0.15) is 12.6 Å². The first-order valence-electron chi connectivity index (χ1n) is 45.0. The van der Waals surface area contributed by atoms with Crippen LogP contribution in [0.25, 0.3) is 0 Å². The van der Waals surface area contributed by atoms with E-state index in [0.29, 0.717) is 189 Å². The van der Waals surface area contributed by atoms with Crippen LogP contribution in [-0.4, -0.2) is 270 Å². The Kier molecular flexibility index (Phi) is 34.6. The van der Waals surface area contributed by atoms with E-state index in [2.05, 4.69) is 53.9 Å². The number of aryl methyl sites for hydroxylation is 2. The fourth-order valence-electron chi connectivity index (χ4n) is 17.3. The second-order valence-corrected chi connectivity index (χ2v) is 49.4. The summed E-state index contributed by atoms with van der Waals surface area (Å²) in [4.78, 5) is 165. The minimum Gasteiger partial charge on any atom is -0.493 e. The molecule has 6 fully saturated rings. The summed E-state index contributed by atoms with van der Waals surface area (Å²) >= 11 is 4.37. The molecule has 41 heteroatoms. The quantitative estimate of drug-likeness (QED) is 0.00481. The van der Waals surface area contributed by atoms with E-state index < -0.39 is 59.5 Å². The number of hydroxylamine groups is 4.